The Hall–Kier alpha value is -4.28. The van der Waals surface area contributed by atoms with E-state index in [1.807, 2.05) is 26.0 Å². The number of hydrogen-bond acceptors (Lipinski definition) is 7. The van der Waals surface area contributed by atoms with Crippen LogP contribution in [0.2, 0.25) is 0 Å². The molecule has 0 atom stereocenters. The fourth-order valence-electron chi connectivity index (χ4n) is 5.35. The maximum Gasteiger partial charge on any atom is 0.319 e. The zero-order chi connectivity index (χ0) is 32.9. The minimum Gasteiger partial charge on any atom is -0.493 e. The Morgan fingerprint density at radius 1 is 0.870 bits per heavy atom. The molecule has 1 aliphatic heterocycles. The van der Waals surface area contributed by atoms with Crippen LogP contribution in [0.15, 0.2) is 66.7 Å². The van der Waals surface area contributed by atoms with E-state index in [1.54, 1.807) is 61.7 Å². The maximum atomic E-state index is 12.9. The molecule has 0 saturated carbocycles. The van der Waals surface area contributed by atoms with Gasteiger partial charge in [-0.1, -0.05) is 13.8 Å². The van der Waals surface area contributed by atoms with E-state index < -0.39 is 0 Å². The lowest BCUT2D eigenvalue weighted by molar-refractivity contribution is 0.0985. The Bertz CT molecular complexity index is 1380. The number of methoxy groups -OCH3 is 1. The average Bonchev–Trinajstić information content (AvgIpc) is 3.06. The van der Waals surface area contributed by atoms with Crippen molar-refractivity contribution < 1.29 is 23.8 Å². The summed E-state index contributed by atoms with van der Waals surface area (Å²) in [5.41, 5.74) is 1.79. The normalized spacial score (nSPS) is 13.8. The van der Waals surface area contributed by atoms with Crippen LogP contribution in [-0.2, 0) is 0 Å². The van der Waals surface area contributed by atoms with Gasteiger partial charge < -0.3 is 40.0 Å². The number of rotatable bonds is 15. The number of amides is 3. The van der Waals surface area contributed by atoms with Crippen LogP contribution in [0.25, 0.3) is 0 Å². The third kappa shape index (κ3) is 10.7. The van der Waals surface area contributed by atoms with Gasteiger partial charge in [-0.05, 0) is 120 Å². The molecule has 46 heavy (non-hydrogen) atoms. The Morgan fingerprint density at radius 3 is 2.15 bits per heavy atom. The largest absolute Gasteiger partial charge is 0.493 e. The Morgan fingerprint density at radius 2 is 1.52 bits per heavy atom. The number of piperidine rings is 1. The predicted octanol–water partition coefficient (Wildman–Crippen LogP) is 6.84. The van der Waals surface area contributed by atoms with Gasteiger partial charge in [-0.3, -0.25) is 4.79 Å². The standard InChI is InChI=1S/C36H49N5O5/c1-6-27(7-2)38-36(43)39-29-13-18-33(34(25-29)44-5)46-31-16-11-28(12-17-31)37-35(42)26-9-14-30(15-10-26)45-32-19-23-41(24-20-32)22-8-21-40(3)4/h9-18,25,27,32H,6-8,19-24H2,1-5H3,(H,37,42)(H2,38,39,43). The molecule has 0 radical (unpaired) electrons. The summed E-state index contributed by atoms with van der Waals surface area (Å²) >= 11 is 0. The molecule has 3 aromatic carbocycles. The number of nitrogens with zero attached hydrogens (tertiary/aromatic N) is 2. The van der Waals surface area contributed by atoms with Crippen LogP contribution in [-0.4, -0.2) is 81.3 Å². The van der Waals surface area contributed by atoms with E-state index in [9.17, 15) is 9.59 Å². The fourth-order valence-corrected chi connectivity index (χ4v) is 5.35. The molecule has 1 saturated heterocycles. The van der Waals surface area contributed by atoms with Crippen molar-refractivity contribution in [1.29, 1.82) is 0 Å². The van der Waals surface area contributed by atoms with E-state index in [4.69, 9.17) is 14.2 Å². The highest BCUT2D eigenvalue weighted by molar-refractivity contribution is 6.04. The molecule has 0 unspecified atom stereocenters. The summed E-state index contributed by atoms with van der Waals surface area (Å²) < 4.78 is 17.7. The molecule has 0 bridgehead atoms. The summed E-state index contributed by atoms with van der Waals surface area (Å²) in [5.74, 6) is 2.13. The zero-order valence-electron chi connectivity index (χ0n) is 27.8. The molecular formula is C36H49N5O5. The minimum absolute atomic E-state index is 0.124. The average molecular weight is 632 g/mol. The SMILES string of the molecule is CCC(CC)NC(=O)Nc1ccc(Oc2ccc(NC(=O)c3ccc(OC4CCN(CCCN(C)C)CC4)cc3)cc2)c(OC)c1. The first-order valence-electron chi connectivity index (χ1n) is 16.2. The van der Waals surface area contributed by atoms with Crippen LogP contribution in [0.4, 0.5) is 16.2 Å². The van der Waals surface area contributed by atoms with Crippen LogP contribution in [0.3, 0.4) is 0 Å². The van der Waals surface area contributed by atoms with Gasteiger partial charge in [0.1, 0.15) is 17.6 Å². The number of ether oxygens (including phenoxy) is 3. The maximum absolute atomic E-state index is 12.9. The number of carbonyl (C=O) groups excluding carboxylic acids is 2. The Labute approximate surface area is 273 Å². The first-order chi connectivity index (χ1) is 22.3. The van der Waals surface area contributed by atoms with E-state index in [2.05, 4.69) is 39.8 Å². The van der Waals surface area contributed by atoms with Crippen molar-refractivity contribution in [2.24, 2.45) is 0 Å². The van der Waals surface area contributed by atoms with Crippen LogP contribution < -0.4 is 30.2 Å². The van der Waals surface area contributed by atoms with E-state index in [1.165, 1.54) is 6.42 Å². The van der Waals surface area contributed by atoms with Crippen molar-refractivity contribution in [1.82, 2.24) is 15.1 Å². The van der Waals surface area contributed by atoms with Crippen LogP contribution >= 0.6 is 0 Å². The molecule has 3 aromatic rings. The molecule has 0 aromatic heterocycles. The number of carbonyl (C=O) groups is 2. The van der Waals surface area contributed by atoms with Crippen molar-refractivity contribution >= 4 is 23.3 Å². The number of nitrogens with one attached hydrogen (secondary N) is 3. The molecular weight excluding hydrogens is 582 g/mol. The molecule has 248 valence electrons. The molecule has 1 aliphatic rings. The summed E-state index contributed by atoms with van der Waals surface area (Å²) in [4.78, 5) is 30.0. The van der Waals surface area contributed by atoms with Gasteiger partial charge in [0.25, 0.3) is 5.91 Å². The van der Waals surface area contributed by atoms with Crippen molar-refractivity contribution in [2.75, 3.05) is 58.0 Å². The van der Waals surface area contributed by atoms with Gasteiger partial charge >= 0.3 is 6.03 Å². The van der Waals surface area contributed by atoms with Crippen molar-refractivity contribution in [3.8, 4) is 23.0 Å². The van der Waals surface area contributed by atoms with Gasteiger partial charge in [0.2, 0.25) is 0 Å². The third-order valence-electron chi connectivity index (χ3n) is 8.12. The topological polar surface area (TPSA) is 104 Å². The Kier molecular flexibility index (Phi) is 13.1. The second kappa shape index (κ2) is 17.4. The predicted molar refractivity (Wildman–Crippen MR) is 184 cm³/mol. The van der Waals surface area contributed by atoms with Crippen LogP contribution in [0, 0.1) is 0 Å². The van der Waals surface area contributed by atoms with E-state index >= 15 is 0 Å². The third-order valence-corrected chi connectivity index (χ3v) is 8.12. The molecule has 3 N–H and O–H groups in total. The van der Waals surface area contributed by atoms with Gasteiger partial charge in [-0.2, -0.15) is 0 Å². The summed E-state index contributed by atoms with van der Waals surface area (Å²) in [5, 5.41) is 8.73. The summed E-state index contributed by atoms with van der Waals surface area (Å²) in [6.07, 6.45) is 5.13. The first kappa shape index (κ1) is 34.6. The lowest BCUT2D eigenvalue weighted by Crippen LogP contribution is -2.39. The first-order valence-corrected chi connectivity index (χ1v) is 16.2. The number of hydrogen-bond donors (Lipinski definition) is 3. The van der Waals surface area contributed by atoms with Crippen molar-refractivity contribution in [3.63, 3.8) is 0 Å². The molecule has 10 nitrogen and oxygen atoms in total. The smallest absolute Gasteiger partial charge is 0.319 e. The van der Waals surface area contributed by atoms with Crippen LogP contribution in [0.5, 0.6) is 23.0 Å². The zero-order valence-corrected chi connectivity index (χ0v) is 27.8. The number of anilines is 2. The van der Waals surface area contributed by atoms with E-state index in [0.717, 1.165) is 57.6 Å². The number of benzene rings is 3. The molecule has 10 heteroatoms. The second-order valence-electron chi connectivity index (χ2n) is 11.9. The molecule has 0 spiro atoms. The molecule has 3 amide bonds. The lowest BCUT2D eigenvalue weighted by Gasteiger charge is -2.32. The van der Waals surface area contributed by atoms with Gasteiger partial charge in [0, 0.05) is 42.1 Å². The summed E-state index contributed by atoms with van der Waals surface area (Å²) in [7, 11) is 5.77. The van der Waals surface area contributed by atoms with E-state index in [-0.39, 0.29) is 24.1 Å². The van der Waals surface area contributed by atoms with Crippen molar-refractivity contribution in [3.05, 3.63) is 72.3 Å². The highest BCUT2D eigenvalue weighted by Crippen LogP contribution is 2.34. The highest BCUT2D eigenvalue weighted by Gasteiger charge is 2.20. The summed E-state index contributed by atoms with van der Waals surface area (Å²) in [6.45, 7) is 8.43. The quantitative estimate of drug-likeness (QED) is 0.169. The molecule has 4 rings (SSSR count). The number of urea groups is 1. The Balaban J connectivity index is 1.24. The number of likely N-dealkylation sites (tertiary alicyclic amines) is 1. The lowest BCUT2D eigenvalue weighted by atomic mass is 10.1. The van der Waals surface area contributed by atoms with Crippen molar-refractivity contribution in [2.45, 2.75) is 58.1 Å². The van der Waals surface area contributed by atoms with Gasteiger partial charge in [-0.15, -0.1) is 0 Å². The second-order valence-corrected chi connectivity index (χ2v) is 11.9. The monoisotopic (exact) mass is 631 g/mol. The van der Waals surface area contributed by atoms with Crippen LogP contribution in [0.1, 0.15) is 56.3 Å². The summed E-state index contributed by atoms with van der Waals surface area (Å²) in [6, 6.07) is 19.5. The van der Waals surface area contributed by atoms with E-state index in [0.29, 0.717) is 34.2 Å². The molecule has 1 fully saturated rings. The highest BCUT2D eigenvalue weighted by atomic mass is 16.5. The van der Waals surface area contributed by atoms with Gasteiger partial charge in [0.15, 0.2) is 11.5 Å². The van der Waals surface area contributed by atoms with Gasteiger partial charge in [-0.25, -0.2) is 4.79 Å². The fraction of sp³-hybridized carbons (Fsp3) is 0.444. The van der Waals surface area contributed by atoms with Gasteiger partial charge in [0.05, 0.1) is 7.11 Å². The molecule has 1 heterocycles. The molecule has 0 aliphatic carbocycles. The minimum atomic E-state index is -0.260.